The third-order valence-corrected chi connectivity index (χ3v) is 1.13. The van der Waals surface area contributed by atoms with Crippen LogP contribution in [0.3, 0.4) is 0 Å². The van der Waals surface area contributed by atoms with Gasteiger partial charge in [-0.05, 0) is 12.2 Å². The molecule has 0 saturated carbocycles. The Balaban J connectivity index is 0. The first-order valence-corrected chi connectivity index (χ1v) is 2.80. The van der Waals surface area contributed by atoms with Crippen LogP contribution in [0.25, 0.3) is 0 Å². The second kappa shape index (κ2) is 7.19. The van der Waals surface area contributed by atoms with Crippen LogP contribution in [0.2, 0.25) is 0 Å². The monoisotopic (exact) mass is 206 g/mol. The minimum atomic E-state index is -0.984. The molecule has 0 aliphatic heterocycles. The van der Waals surface area contributed by atoms with E-state index in [2.05, 4.69) is 27.7 Å². The van der Waals surface area contributed by atoms with Crippen molar-refractivity contribution in [2.24, 2.45) is 0 Å². The summed E-state index contributed by atoms with van der Waals surface area (Å²) < 4.78 is 1.29. The molecule has 1 heterocycles. The first kappa shape index (κ1) is 15.2. The molecule has 0 spiro atoms. The molecule has 1 rings (SSSR count). The van der Waals surface area contributed by atoms with Crippen LogP contribution in [-0.4, -0.2) is 90.4 Å². The zero-order valence-corrected chi connectivity index (χ0v) is 11.6. The van der Waals surface area contributed by atoms with Gasteiger partial charge >= 0.3 is 5.97 Å². The molecular weight excluding hydrogens is 202 g/mol. The average Bonchev–Trinajstić information content (AvgIpc) is 2.15. The molecule has 0 fully saturated rings. The molecule has 0 aromatic carbocycles. The van der Waals surface area contributed by atoms with Crippen LogP contribution in [0.1, 0.15) is 0 Å². The molecule has 2 N–H and O–H groups in total. The number of tetrazole rings is 1. The number of hydrogen-bond donors (Lipinski definition) is 2. The van der Waals surface area contributed by atoms with Gasteiger partial charge in [-0.2, -0.15) is 5.21 Å². The summed E-state index contributed by atoms with van der Waals surface area (Å²) in [6, 6.07) is 0. The van der Waals surface area contributed by atoms with Crippen LogP contribution in [0.5, 0.6) is 0 Å². The third kappa shape index (κ3) is 4.70. The molecule has 0 amide bonds. The fourth-order valence-corrected chi connectivity index (χ4v) is 0.600. The molecule has 0 aliphatic rings. The van der Waals surface area contributed by atoms with Gasteiger partial charge in [0.25, 0.3) is 0 Å². The van der Waals surface area contributed by atoms with E-state index in [4.69, 9.17) is 5.11 Å². The number of aromatic nitrogens is 4. The summed E-state index contributed by atoms with van der Waals surface area (Å²) in [5.74, 6) is -0.984. The van der Waals surface area contributed by atoms with E-state index < -0.39 is 5.97 Å². The molecule has 0 bridgehead atoms. The number of aliphatic carboxylic acids is 1. The van der Waals surface area contributed by atoms with Crippen molar-refractivity contribution in [1.82, 2.24) is 20.2 Å². The maximum absolute atomic E-state index is 10.1. The molecule has 2 radical (unpaired) electrons. The van der Waals surface area contributed by atoms with Crippen molar-refractivity contribution in [3.05, 3.63) is 4.77 Å². The number of carboxylic acids is 1. The van der Waals surface area contributed by atoms with Crippen LogP contribution >= 0.6 is 12.2 Å². The predicted octanol–water partition coefficient (Wildman–Crippen LogP) is -1.34. The maximum atomic E-state index is 10.1. The van der Waals surface area contributed by atoms with Crippen LogP contribution in [-0.2, 0) is 11.3 Å². The number of carbonyl (C=O) groups is 1. The molecule has 0 unspecified atom stereocenters. The van der Waals surface area contributed by atoms with Gasteiger partial charge in [0.15, 0.2) is 0 Å². The van der Waals surface area contributed by atoms with Gasteiger partial charge in [0.05, 0.1) is 0 Å². The molecule has 0 atom stereocenters. The van der Waals surface area contributed by atoms with Gasteiger partial charge in [-0.3, -0.25) is 4.79 Å². The SMILES string of the molecule is O=C(O)Cn1[nH]nnc1=S.[Na].[Na]. The van der Waals surface area contributed by atoms with E-state index in [1.807, 2.05) is 0 Å². The number of nitrogens with one attached hydrogen (secondary N) is 1. The molecular formula is C3H4N4Na2O2S. The summed E-state index contributed by atoms with van der Waals surface area (Å²) in [4.78, 5) is 10.1. The number of nitrogens with zero attached hydrogens (tertiary/aromatic N) is 3. The van der Waals surface area contributed by atoms with Crippen molar-refractivity contribution in [3.63, 3.8) is 0 Å². The van der Waals surface area contributed by atoms with Crippen LogP contribution in [0.15, 0.2) is 0 Å². The molecule has 12 heavy (non-hydrogen) atoms. The molecule has 9 heteroatoms. The van der Waals surface area contributed by atoms with Crippen molar-refractivity contribution in [3.8, 4) is 0 Å². The van der Waals surface area contributed by atoms with Crippen molar-refractivity contribution < 1.29 is 9.90 Å². The quantitative estimate of drug-likeness (QED) is 0.462. The number of carboxylic acid groups (broad SMARTS) is 1. The van der Waals surface area contributed by atoms with E-state index in [0.29, 0.717) is 0 Å². The van der Waals surface area contributed by atoms with Gasteiger partial charge in [-0.25, -0.2) is 4.68 Å². The van der Waals surface area contributed by atoms with Gasteiger partial charge in [0.1, 0.15) is 6.54 Å². The van der Waals surface area contributed by atoms with Gasteiger partial charge in [-0.1, -0.05) is 10.3 Å². The van der Waals surface area contributed by atoms with E-state index in [9.17, 15) is 4.79 Å². The fourth-order valence-electron chi connectivity index (χ4n) is 0.454. The average molecular weight is 206 g/mol. The normalized spacial score (nSPS) is 8.00. The zero-order chi connectivity index (χ0) is 7.56. The second-order valence-electron chi connectivity index (χ2n) is 1.56. The number of H-pyrrole nitrogens is 1. The summed E-state index contributed by atoms with van der Waals surface area (Å²) in [7, 11) is 0. The summed E-state index contributed by atoms with van der Waals surface area (Å²) in [5.41, 5.74) is 0. The summed E-state index contributed by atoms with van der Waals surface area (Å²) in [6.45, 7) is -0.230. The Morgan fingerprint density at radius 2 is 2.25 bits per heavy atom. The Kier molecular flexibility index (Phi) is 9.13. The Labute approximate surface area is 117 Å². The van der Waals surface area contributed by atoms with Gasteiger partial charge in [-0.15, -0.1) is 0 Å². The Bertz CT molecular complexity index is 296. The van der Waals surface area contributed by atoms with E-state index in [1.165, 1.54) is 0 Å². The van der Waals surface area contributed by atoms with Crippen molar-refractivity contribution in [2.45, 2.75) is 6.54 Å². The summed E-state index contributed by atoms with van der Waals surface area (Å²) in [5, 5.41) is 17.2. The van der Waals surface area contributed by atoms with E-state index in [1.54, 1.807) is 0 Å². The van der Waals surface area contributed by atoms with Crippen LogP contribution in [0, 0.1) is 4.77 Å². The Morgan fingerprint density at radius 1 is 1.67 bits per heavy atom. The van der Waals surface area contributed by atoms with Gasteiger partial charge in [0.2, 0.25) is 4.77 Å². The largest absolute Gasteiger partial charge is 0.480 e. The van der Waals surface area contributed by atoms with Crippen molar-refractivity contribution in [2.75, 3.05) is 0 Å². The minimum absolute atomic E-state index is 0. The van der Waals surface area contributed by atoms with E-state index >= 15 is 0 Å². The van der Waals surface area contributed by atoms with E-state index in [-0.39, 0.29) is 70.4 Å². The maximum Gasteiger partial charge on any atom is 0.325 e. The van der Waals surface area contributed by atoms with Crippen molar-refractivity contribution >= 4 is 77.3 Å². The standard InChI is InChI=1S/C3H4N4O2S.2Na/c8-2(9)1-7-3(10)4-5-6-7;;/h1H2,(H,8,9)(H,4,6,10);;. The van der Waals surface area contributed by atoms with Crippen molar-refractivity contribution in [1.29, 1.82) is 0 Å². The number of aromatic amines is 1. The molecule has 1 aromatic heterocycles. The molecule has 1 aromatic rings. The minimum Gasteiger partial charge on any atom is -0.480 e. The number of hydrogen-bond acceptors (Lipinski definition) is 4. The summed E-state index contributed by atoms with van der Waals surface area (Å²) in [6.07, 6.45) is 0. The Morgan fingerprint density at radius 3 is 2.58 bits per heavy atom. The zero-order valence-electron chi connectivity index (χ0n) is 6.81. The summed E-state index contributed by atoms with van der Waals surface area (Å²) >= 11 is 4.60. The molecule has 0 aliphatic carbocycles. The topological polar surface area (TPSA) is 83.8 Å². The first-order chi connectivity index (χ1) is 4.70. The van der Waals surface area contributed by atoms with E-state index in [0.717, 1.165) is 4.68 Å². The molecule has 6 nitrogen and oxygen atoms in total. The van der Waals surface area contributed by atoms with Gasteiger partial charge in [0, 0.05) is 59.1 Å². The molecule has 0 saturated heterocycles. The predicted molar refractivity (Wildman–Crippen MR) is 44.4 cm³/mol. The third-order valence-electron chi connectivity index (χ3n) is 0.825. The Hall–Kier alpha value is 0.760. The van der Waals surface area contributed by atoms with Crippen LogP contribution in [0.4, 0.5) is 0 Å². The molecule has 56 valence electrons. The smallest absolute Gasteiger partial charge is 0.325 e. The second-order valence-corrected chi connectivity index (χ2v) is 1.93. The van der Waals surface area contributed by atoms with Crippen LogP contribution < -0.4 is 0 Å². The fraction of sp³-hybridized carbons (Fsp3) is 0.333. The number of rotatable bonds is 2. The first-order valence-electron chi connectivity index (χ1n) is 2.40. The van der Waals surface area contributed by atoms with Gasteiger partial charge < -0.3 is 5.11 Å².